The highest BCUT2D eigenvalue weighted by Gasteiger charge is 2.33. The van der Waals surface area contributed by atoms with Crippen LogP contribution in [0.1, 0.15) is 5.56 Å². The maximum atomic E-state index is 13.1. The zero-order valence-electron chi connectivity index (χ0n) is 21.9. The van der Waals surface area contributed by atoms with Crippen LogP contribution in [0.15, 0.2) is 60.8 Å². The second kappa shape index (κ2) is 11.8. The number of imidazole rings is 1. The fourth-order valence-corrected chi connectivity index (χ4v) is 5.73. The number of nitrogens with one attached hydrogen (secondary N) is 2. The summed E-state index contributed by atoms with van der Waals surface area (Å²) in [6.45, 7) is 4.70. The quantitative estimate of drug-likeness (QED) is 0.213. The van der Waals surface area contributed by atoms with Crippen LogP contribution >= 0.6 is 22.9 Å². The summed E-state index contributed by atoms with van der Waals surface area (Å²) in [7, 11) is 0. The van der Waals surface area contributed by atoms with Crippen molar-refractivity contribution < 1.29 is 27.4 Å². The van der Waals surface area contributed by atoms with Crippen molar-refractivity contribution in [2.24, 2.45) is 0 Å². The number of fused-ring (bicyclic) bond motifs is 3. The predicted molar refractivity (Wildman–Crippen MR) is 156 cm³/mol. The van der Waals surface area contributed by atoms with E-state index < -0.39 is 22.8 Å². The highest BCUT2D eigenvalue weighted by molar-refractivity contribution is 7.23. The summed E-state index contributed by atoms with van der Waals surface area (Å²) in [4.78, 5) is 25.7. The number of amides is 2. The normalized spacial score (nSPS) is 14.4. The second-order valence-corrected chi connectivity index (χ2v) is 10.9. The second-order valence-electron chi connectivity index (χ2n) is 9.51. The highest BCUT2D eigenvalue weighted by atomic mass is 35.5. The van der Waals surface area contributed by atoms with E-state index in [0.717, 1.165) is 71.5 Å². The van der Waals surface area contributed by atoms with Crippen LogP contribution in [0, 0.1) is 0 Å². The van der Waals surface area contributed by atoms with Crippen molar-refractivity contribution in [3.63, 3.8) is 0 Å². The van der Waals surface area contributed by atoms with Crippen molar-refractivity contribution in [3.05, 3.63) is 71.4 Å². The number of ether oxygens (including phenoxy) is 2. The molecule has 2 aromatic carbocycles. The van der Waals surface area contributed by atoms with E-state index >= 15 is 0 Å². The summed E-state index contributed by atoms with van der Waals surface area (Å²) in [6.07, 6.45) is -2.71. The lowest BCUT2D eigenvalue weighted by molar-refractivity contribution is -0.137. The number of urea groups is 1. The Morgan fingerprint density at radius 2 is 1.76 bits per heavy atom. The highest BCUT2D eigenvalue weighted by Crippen LogP contribution is 2.36. The van der Waals surface area contributed by atoms with Gasteiger partial charge >= 0.3 is 12.2 Å². The largest absolute Gasteiger partial charge is 0.476 e. The van der Waals surface area contributed by atoms with Gasteiger partial charge in [0.25, 0.3) is 0 Å². The van der Waals surface area contributed by atoms with E-state index in [-0.39, 0.29) is 5.69 Å². The minimum absolute atomic E-state index is 0.0349. The van der Waals surface area contributed by atoms with E-state index in [1.165, 1.54) is 17.4 Å². The molecular formula is C28H24ClF3N6O3S. The molecule has 9 nitrogen and oxygen atoms in total. The number of nitrogens with zero attached hydrogens (tertiary/aromatic N) is 4. The molecule has 0 spiro atoms. The van der Waals surface area contributed by atoms with Gasteiger partial charge in [0.15, 0.2) is 4.96 Å². The fraction of sp³-hybridized carbons (Fsp3) is 0.250. The summed E-state index contributed by atoms with van der Waals surface area (Å²) in [5.74, 6) is 0.574. The summed E-state index contributed by atoms with van der Waals surface area (Å²) in [5.41, 5.74) is 1.88. The molecule has 0 radical (unpaired) electrons. The number of rotatable bonds is 7. The third-order valence-electron chi connectivity index (χ3n) is 6.67. The van der Waals surface area contributed by atoms with Gasteiger partial charge in [0, 0.05) is 48.8 Å². The summed E-state index contributed by atoms with van der Waals surface area (Å²) >= 11 is 7.10. The number of halogens is 4. The monoisotopic (exact) mass is 616 g/mol. The average Bonchev–Trinajstić information content (AvgIpc) is 3.52. The Morgan fingerprint density at radius 1 is 1.02 bits per heavy atom. The summed E-state index contributed by atoms with van der Waals surface area (Å²) < 4.78 is 52.5. The van der Waals surface area contributed by atoms with Gasteiger partial charge in [0.05, 0.1) is 35.0 Å². The minimum Gasteiger partial charge on any atom is -0.476 e. The molecule has 0 unspecified atom stereocenters. The van der Waals surface area contributed by atoms with Crippen molar-refractivity contribution in [2.75, 3.05) is 50.1 Å². The number of alkyl halides is 3. The first-order chi connectivity index (χ1) is 20.2. The topological polar surface area (TPSA) is 93.0 Å². The van der Waals surface area contributed by atoms with E-state index in [4.69, 9.17) is 26.1 Å². The lowest BCUT2D eigenvalue weighted by Crippen LogP contribution is -2.38. The Hall–Kier alpha value is -3.91. The van der Waals surface area contributed by atoms with Crippen LogP contribution < -0.4 is 15.4 Å². The van der Waals surface area contributed by atoms with Crippen LogP contribution in [0.2, 0.25) is 5.02 Å². The van der Waals surface area contributed by atoms with Crippen molar-refractivity contribution in [2.45, 2.75) is 6.18 Å². The number of thiazole rings is 1. The van der Waals surface area contributed by atoms with Crippen molar-refractivity contribution in [1.29, 1.82) is 0 Å². The van der Waals surface area contributed by atoms with Crippen LogP contribution in [0.5, 0.6) is 5.88 Å². The van der Waals surface area contributed by atoms with Gasteiger partial charge in [-0.2, -0.15) is 13.2 Å². The maximum absolute atomic E-state index is 13.1. The van der Waals surface area contributed by atoms with Gasteiger partial charge < -0.3 is 20.1 Å². The number of anilines is 2. The van der Waals surface area contributed by atoms with Gasteiger partial charge in [0.2, 0.25) is 5.88 Å². The standard InChI is InChI=1S/C28H24ClF3N6O3S/c29-21-6-5-19(15-20(21)28(30,31)32)34-26(39)33-18-3-1-17(2-4-18)22-16-38-23-7-8-24(36-25(23)42-27(38)35-22)41-14-11-37-9-12-40-13-10-37/h1-8,15-16H,9-14H2,(H2,33,34,39). The Kier molecular flexibility index (Phi) is 7.90. The molecule has 2 amide bonds. The Balaban J connectivity index is 1.09. The molecule has 0 atom stereocenters. The molecule has 0 bridgehead atoms. The first-order valence-electron chi connectivity index (χ1n) is 13.0. The average molecular weight is 617 g/mol. The maximum Gasteiger partial charge on any atom is 0.417 e. The SMILES string of the molecule is O=C(Nc1ccc(-c2cn3c(n2)sc2nc(OCCN4CCOCC4)ccc23)cc1)Nc1ccc(Cl)c(C(F)(F)F)c1. The van der Waals surface area contributed by atoms with Crippen LogP contribution in [-0.2, 0) is 10.9 Å². The van der Waals surface area contributed by atoms with Crippen molar-refractivity contribution in [3.8, 4) is 17.1 Å². The molecule has 3 aromatic heterocycles. The Morgan fingerprint density at radius 3 is 2.52 bits per heavy atom. The molecule has 1 saturated heterocycles. The molecule has 2 N–H and O–H groups in total. The number of carbonyl (C=O) groups excluding carboxylic acids is 1. The van der Waals surface area contributed by atoms with Gasteiger partial charge in [-0.3, -0.25) is 9.30 Å². The predicted octanol–water partition coefficient (Wildman–Crippen LogP) is 6.64. The number of benzene rings is 2. The van der Waals surface area contributed by atoms with Gasteiger partial charge in [0.1, 0.15) is 11.4 Å². The summed E-state index contributed by atoms with van der Waals surface area (Å²) in [5, 5.41) is 4.56. The number of aromatic nitrogens is 3. The molecular weight excluding hydrogens is 593 g/mol. The molecule has 0 aliphatic carbocycles. The van der Waals surface area contributed by atoms with Gasteiger partial charge in [-0.1, -0.05) is 35.1 Å². The van der Waals surface area contributed by atoms with E-state index in [2.05, 4.69) is 20.5 Å². The van der Waals surface area contributed by atoms with Crippen molar-refractivity contribution >= 4 is 55.7 Å². The number of hydrogen-bond donors (Lipinski definition) is 2. The molecule has 5 aromatic rings. The van der Waals surface area contributed by atoms with Crippen LogP contribution in [0.3, 0.4) is 0 Å². The third kappa shape index (κ3) is 6.28. The molecule has 218 valence electrons. The molecule has 1 fully saturated rings. The first kappa shape index (κ1) is 28.2. The van der Waals surface area contributed by atoms with Gasteiger partial charge in [-0.05, 0) is 36.4 Å². The fourth-order valence-electron chi connectivity index (χ4n) is 4.53. The zero-order valence-corrected chi connectivity index (χ0v) is 23.5. The van der Waals surface area contributed by atoms with Crippen LogP contribution in [0.4, 0.5) is 29.3 Å². The van der Waals surface area contributed by atoms with E-state index in [1.807, 2.05) is 22.7 Å². The number of morpholine rings is 1. The number of carbonyl (C=O) groups is 1. The lowest BCUT2D eigenvalue weighted by atomic mass is 10.1. The van der Waals surface area contributed by atoms with E-state index in [0.29, 0.717) is 18.2 Å². The molecule has 0 saturated carbocycles. The Labute approximate surface area is 246 Å². The molecule has 6 rings (SSSR count). The third-order valence-corrected chi connectivity index (χ3v) is 7.96. The molecule has 42 heavy (non-hydrogen) atoms. The zero-order chi connectivity index (χ0) is 29.3. The molecule has 14 heteroatoms. The first-order valence-corrected chi connectivity index (χ1v) is 14.2. The number of hydrogen-bond acceptors (Lipinski definition) is 7. The van der Waals surface area contributed by atoms with E-state index in [9.17, 15) is 18.0 Å². The Bertz CT molecular complexity index is 1740. The lowest BCUT2D eigenvalue weighted by Gasteiger charge is -2.26. The van der Waals surface area contributed by atoms with E-state index in [1.54, 1.807) is 24.3 Å². The molecule has 1 aliphatic rings. The smallest absolute Gasteiger partial charge is 0.417 e. The number of pyridine rings is 1. The molecule has 1 aliphatic heterocycles. The van der Waals surface area contributed by atoms with Crippen LogP contribution in [0.25, 0.3) is 26.6 Å². The van der Waals surface area contributed by atoms with Gasteiger partial charge in [-0.25, -0.2) is 14.8 Å². The van der Waals surface area contributed by atoms with Crippen molar-refractivity contribution in [1.82, 2.24) is 19.3 Å². The van der Waals surface area contributed by atoms with Gasteiger partial charge in [-0.15, -0.1) is 0 Å². The molecule has 4 heterocycles. The minimum atomic E-state index is -4.63. The van der Waals surface area contributed by atoms with Crippen LogP contribution in [-0.4, -0.2) is 64.8 Å². The summed E-state index contributed by atoms with van der Waals surface area (Å²) in [6, 6.07) is 13.3.